The smallest absolute Gasteiger partial charge is 0.307 e. The lowest BCUT2D eigenvalue weighted by molar-refractivity contribution is -0.140. The molecule has 0 bridgehead atoms. The molecule has 1 amide bonds. The first kappa shape index (κ1) is 16.0. The van der Waals surface area contributed by atoms with Crippen molar-refractivity contribution in [1.29, 1.82) is 0 Å². The fourth-order valence-electron chi connectivity index (χ4n) is 1.99. The van der Waals surface area contributed by atoms with Crippen molar-refractivity contribution >= 4 is 23.5 Å². The van der Waals surface area contributed by atoms with Crippen LogP contribution in [0.15, 0.2) is 30.5 Å². The standard InChI is InChI=1S/C15H16ClN3O3/c1-19(8-7-13(20)22-2)15(21)11-9-17-18-14(11)10-5-3-4-6-12(10)16/h3-6,9H,7-8H2,1-2H3,(H,17,18). The number of nitrogens with one attached hydrogen (secondary N) is 1. The zero-order chi connectivity index (χ0) is 16.1. The number of aromatic nitrogens is 2. The average Bonchev–Trinajstić information content (AvgIpc) is 3.01. The summed E-state index contributed by atoms with van der Waals surface area (Å²) >= 11 is 6.16. The third-order valence-corrected chi connectivity index (χ3v) is 3.57. The number of ether oxygens (including phenoxy) is 1. The zero-order valence-electron chi connectivity index (χ0n) is 12.3. The van der Waals surface area contributed by atoms with Crippen LogP contribution in [-0.4, -0.2) is 47.7 Å². The Morgan fingerprint density at radius 3 is 2.77 bits per heavy atom. The minimum atomic E-state index is -0.363. The summed E-state index contributed by atoms with van der Waals surface area (Å²) in [7, 11) is 2.93. The second-order valence-corrected chi connectivity index (χ2v) is 5.10. The molecule has 0 aliphatic carbocycles. The van der Waals surface area contributed by atoms with Gasteiger partial charge in [-0.25, -0.2) is 0 Å². The topological polar surface area (TPSA) is 75.3 Å². The molecule has 1 N–H and O–H groups in total. The van der Waals surface area contributed by atoms with E-state index in [0.29, 0.717) is 21.8 Å². The van der Waals surface area contributed by atoms with E-state index in [-0.39, 0.29) is 24.8 Å². The number of methoxy groups -OCH3 is 1. The SMILES string of the molecule is COC(=O)CCN(C)C(=O)c1cn[nH]c1-c1ccccc1Cl. The molecule has 22 heavy (non-hydrogen) atoms. The van der Waals surface area contributed by atoms with Gasteiger partial charge < -0.3 is 9.64 Å². The van der Waals surface area contributed by atoms with E-state index < -0.39 is 0 Å². The van der Waals surface area contributed by atoms with Crippen LogP contribution in [0.5, 0.6) is 0 Å². The Bertz CT molecular complexity index is 684. The van der Waals surface area contributed by atoms with Crippen molar-refractivity contribution in [3.05, 3.63) is 41.0 Å². The van der Waals surface area contributed by atoms with Gasteiger partial charge in [0, 0.05) is 24.2 Å². The molecule has 6 nitrogen and oxygen atoms in total. The largest absolute Gasteiger partial charge is 0.469 e. The molecule has 1 aromatic carbocycles. The van der Waals surface area contributed by atoms with E-state index >= 15 is 0 Å². The maximum atomic E-state index is 12.5. The molecular formula is C15H16ClN3O3. The Labute approximate surface area is 133 Å². The number of carbonyl (C=O) groups is 2. The van der Waals surface area contributed by atoms with Crippen molar-refractivity contribution in [1.82, 2.24) is 15.1 Å². The van der Waals surface area contributed by atoms with E-state index in [2.05, 4.69) is 14.9 Å². The molecule has 0 atom stereocenters. The van der Waals surface area contributed by atoms with Gasteiger partial charge in [-0.3, -0.25) is 14.7 Å². The molecule has 2 aromatic rings. The molecule has 7 heteroatoms. The first-order valence-electron chi connectivity index (χ1n) is 6.65. The van der Waals surface area contributed by atoms with Crippen LogP contribution in [0.2, 0.25) is 5.02 Å². The normalized spacial score (nSPS) is 10.3. The van der Waals surface area contributed by atoms with Crippen molar-refractivity contribution in [2.45, 2.75) is 6.42 Å². The highest BCUT2D eigenvalue weighted by Crippen LogP contribution is 2.28. The van der Waals surface area contributed by atoms with Crippen LogP contribution in [0.3, 0.4) is 0 Å². The Kier molecular flexibility index (Phi) is 5.16. The quantitative estimate of drug-likeness (QED) is 0.858. The van der Waals surface area contributed by atoms with Gasteiger partial charge in [-0.1, -0.05) is 29.8 Å². The monoisotopic (exact) mass is 321 g/mol. The summed E-state index contributed by atoms with van der Waals surface area (Å²) in [6.45, 7) is 0.263. The second kappa shape index (κ2) is 7.09. The van der Waals surface area contributed by atoms with Crippen molar-refractivity contribution in [2.24, 2.45) is 0 Å². The molecular weight excluding hydrogens is 306 g/mol. The number of halogens is 1. The molecule has 0 unspecified atom stereocenters. The molecule has 0 radical (unpaired) electrons. The Morgan fingerprint density at radius 1 is 1.36 bits per heavy atom. The van der Waals surface area contributed by atoms with Crippen molar-refractivity contribution in [2.75, 3.05) is 20.7 Å². The van der Waals surface area contributed by atoms with Gasteiger partial charge in [-0.15, -0.1) is 0 Å². The van der Waals surface area contributed by atoms with Crippen LogP contribution in [-0.2, 0) is 9.53 Å². The van der Waals surface area contributed by atoms with Crippen LogP contribution in [0, 0.1) is 0 Å². The lowest BCUT2D eigenvalue weighted by atomic mass is 10.1. The predicted octanol–water partition coefficient (Wildman–Crippen LogP) is 2.37. The lowest BCUT2D eigenvalue weighted by Gasteiger charge is -2.16. The molecule has 2 rings (SSSR count). The maximum Gasteiger partial charge on any atom is 0.307 e. The van der Waals surface area contributed by atoms with Crippen LogP contribution >= 0.6 is 11.6 Å². The van der Waals surface area contributed by atoms with Crippen LogP contribution in [0.1, 0.15) is 16.8 Å². The Hall–Kier alpha value is -2.34. The van der Waals surface area contributed by atoms with E-state index in [1.54, 1.807) is 19.2 Å². The number of esters is 1. The molecule has 0 saturated heterocycles. The van der Waals surface area contributed by atoms with Gasteiger partial charge in [0.2, 0.25) is 0 Å². The first-order valence-corrected chi connectivity index (χ1v) is 7.03. The highest BCUT2D eigenvalue weighted by atomic mass is 35.5. The van der Waals surface area contributed by atoms with Gasteiger partial charge >= 0.3 is 5.97 Å². The van der Waals surface area contributed by atoms with Gasteiger partial charge in [0.15, 0.2) is 0 Å². The summed E-state index contributed by atoms with van der Waals surface area (Å²) < 4.78 is 4.57. The Balaban J connectivity index is 2.20. The third kappa shape index (κ3) is 3.46. The van der Waals surface area contributed by atoms with Crippen molar-refractivity contribution in [3.63, 3.8) is 0 Å². The lowest BCUT2D eigenvalue weighted by Crippen LogP contribution is -2.29. The molecule has 0 aliphatic heterocycles. The van der Waals surface area contributed by atoms with E-state index in [1.165, 1.54) is 18.2 Å². The van der Waals surface area contributed by atoms with E-state index in [1.807, 2.05) is 12.1 Å². The molecule has 116 valence electrons. The number of H-pyrrole nitrogens is 1. The number of rotatable bonds is 5. The Morgan fingerprint density at radius 2 is 2.09 bits per heavy atom. The van der Waals surface area contributed by atoms with Gasteiger partial charge in [0.05, 0.1) is 31.0 Å². The van der Waals surface area contributed by atoms with Crippen LogP contribution < -0.4 is 0 Å². The van der Waals surface area contributed by atoms with Gasteiger partial charge in [0.25, 0.3) is 5.91 Å². The van der Waals surface area contributed by atoms with Gasteiger partial charge in [0.1, 0.15) is 0 Å². The average molecular weight is 322 g/mol. The number of nitrogens with zero attached hydrogens (tertiary/aromatic N) is 2. The first-order chi connectivity index (χ1) is 10.5. The minimum Gasteiger partial charge on any atom is -0.469 e. The summed E-state index contributed by atoms with van der Waals surface area (Å²) in [4.78, 5) is 25.1. The van der Waals surface area contributed by atoms with Crippen LogP contribution in [0.25, 0.3) is 11.3 Å². The summed E-state index contributed by atoms with van der Waals surface area (Å²) in [6, 6.07) is 7.19. The summed E-state index contributed by atoms with van der Waals surface area (Å²) in [5.74, 6) is -0.606. The zero-order valence-corrected chi connectivity index (χ0v) is 13.1. The summed E-state index contributed by atoms with van der Waals surface area (Å²) in [5.41, 5.74) is 1.66. The fraction of sp³-hybridized carbons (Fsp3) is 0.267. The number of hydrogen-bond donors (Lipinski definition) is 1. The fourth-order valence-corrected chi connectivity index (χ4v) is 2.22. The highest BCUT2D eigenvalue weighted by molar-refractivity contribution is 6.33. The number of aromatic amines is 1. The maximum absolute atomic E-state index is 12.5. The highest BCUT2D eigenvalue weighted by Gasteiger charge is 2.20. The number of benzene rings is 1. The number of hydrogen-bond acceptors (Lipinski definition) is 4. The second-order valence-electron chi connectivity index (χ2n) is 4.69. The predicted molar refractivity (Wildman–Crippen MR) is 82.6 cm³/mol. The van der Waals surface area contributed by atoms with Gasteiger partial charge in [-0.2, -0.15) is 5.10 Å². The van der Waals surface area contributed by atoms with Crippen molar-refractivity contribution in [3.8, 4) is 11.3 Å². The molecule has 1 aromatic heterocycles. The molecule has 1 heterocycles. The third-order valence-electron chi connectivity index (χ3n) is 3.24. The minimum absolute atomic E-state index is 0.137. The van der Waals surface area contributed by atoms with E-state index in [0.717, 1.165) is 0 Å². The van der Waals surface area contributed by atoms with Gasteiger partial charge in [-0.05, 0) is 6.07 Å². The molecule has 0 aliphatic rings. The summed E-state index contributed by atoms with van der Waals surface area (Å²) in [5, 5.41) is 7.26. The molecule has 0 spiro atoms. The van der Waals surface area contributed by atoms with E-state index in [9.17, 15) is 9.59 Å². The van der Waals surface area contributed by atoms with Crippen LogP contribution in [0.4, 0.5) is 0 Å². The number of carbonyl (C=O) groups excluding carboxylic acids is 2. The molecule has 0 saturated carbocycles. The molecule has 0 fully saturated rings. The summed E-state index contributed by atoms with van der Waals surface area (Å²) in [6.07, 6.45) is 1.59. The van der Waals surface area contributed by atoms with E-state index in [4.69, 9.17) is 11.6 Å². The van der Waals surface area contributed by atoms with Crippen molar-refractivity contribution < 1.29 is 14.3 Å². The number of amides is 1.